The molecule has 6 nitrogen and oxygen atoms in total. The van der Waals surface area contributed by atoms with Crippen LogP contribution in [0.1, 0.15) is 31.8 Å². The molecule has 0 bridgehead atoms. The average Bonchev–Trinajstić information content (AvgIpc) is 2.96. The Morgan fingerprint density at radius 3 is 0.842 bits per heavy atom. The van der Waals surface area contributed by atoms with Crippen LogP contribution < -0.4 is 9.47 Å². The molecule has 0 aliphatic carbocycles. The second-order valence-electron chi connectivity index (χ2n) is 8.48. The van der Waals surface area contributed by atoms with Crippen molar-refractivity contribution in [1.29, 1.82) is 0 Å². The fraction of sp³-hybridized carbons (Fsp3) is 0. The zero-order valence-corrected chi connectivity index (χ0v) is 20.1. The fourth-order valence-corrected chi connectivity index (χ4v) is 3.76. The summed E-state index contributed by atoms with van der Waals surface area (Å²) in [6.45, 7) is 0. The maximum Gasteiger partial charge on any atom is 0.193 e. The highest BCUT2D eigenvalue weighted by Gasteiger charge is 2.13. The molecular weight excluding hydrogens is 480 g/mol. The molecule has 0 atom stereocenters. The highest BCUT2D eigenvalue weighted by atomic mass is 16.5. The molecule has 0 saturated heterocycles. The van der Waals surface area contributed by atoms with Crippen LogP contribution in [0.3, 0.4) is 0 Å². The number of carbonyl (C=O) groups is 2. The monoisotopic (exact) mass is 502 g/mol. The Kier molecular flexibility index (Phi) is 6.87. The van der Waals surface area contributed by atoms with Gasteiger partial charge in [0.2, 0.25) is 0 Å². The summed E-state index contributed by atoms with van der Waals surface area (Å²) in [5.41, 5.74) is 1.91. The zero-order chi connectivity index (χ0) is 26.5. The molecule has 0 saturated carbocycles. The molecule has 0 fully saturated rings. The standard InChI is InChI=1S/C32H22O6/c33-25-9-17-29(18-10-25)37-27-13-5-23(6-14-27)31(35)21-1-2-22(4-3-21)32(36)24-7-15-28(16-8-24)38-30-19-11-26(34)12-20-30/h1-20,33-34H. The first-order valence-electron chi connectivity index (χ1n) is 11.8. The van der Waals surface area contributed by atoms with Crippen molar-refractivity contribution in [3.8, 4) is 34.5 Å². The number of hydrogen-bond acceptors (Lipinski definition) is 6. The number of ketones is 2. The molecule has 0 aliphatic rings. The van der Waals surface area contributed by atoms with E-state index in [-0.39, 0.29) is 23.1 Å². The van der Waals surface area contributed by atoms with Gasteiger partial charge in [-0.1, -0.05) is 24.3 Å². The molecule has 5 aromatic carbocycles. The van der Waals surface area contributed by atoms with E-state index in [0.717, 1.165) is 0 Å². The quantitative estimate of drug-likeness (QED) is 0.219. The van der Waals surface area contributed by atoms with E-state index in [4.69, 9.17) is 9.47 Å². The van der Waals surface area contributed by atoms with Gasteiger partial charge in [-0.05, 0) is 97.1 Å². The van der Waals surface area contributed by atoms with Gasteiger partial charge < -0.3 is 19.7 Å². The molecule has 2 N–H and O–H groups in total. The molecule has 38 heavy (non-hydrogen) atoms. The van der Waals surface area contributed by atoms with Gasteiger partial charge in [0.1, 0.15) is 34.5 Å². The first-order chi connectivity index (χ1) is 18.4. The summed E-state index contributed by atoms with van der Waals surface area (Å²) >= 11 is 0. The van der Waals surface area contributed by atoms with Gasteiger partial charge in [0.15, 0.2) is 11.6 Å². The van der Waals surface area contributed by atoms with E-state index < -0.39 is 0 Å². The molecule has 0 radical (unpaired) electrons. The lowest BCUT2D eigenvalue weighted by Crippen LogP contribution is -2.04. The molecular formula is C32H22O6. The summed E-state index contributed by atoms with van der Waals surface area (Å²) in [6, 6.07) is 32.8. The molecule has 5 aromatic rings. The van der Waals surface area contributed by atoms with Crippen molar-refractivity contribution in [1.82, 2.24) is 0 Å². The lowest BCUT2D eigenvalue weighted by atomic mass is 9.98. The molecule has 5 rings (SSSR count). The number of hydrogen-bond donors (Lipinski definition) is 2. The van der Waals surface area contributed by atoms with Gasteiger partial charge >= 0.3 is 0 Å². The number of ether oxygens (including phenoxy) is 2. The molecule has 186 valence electrons. The van der Waals surface area contributed by atoms with Crippen LogP contribution in [0.4, 0.5) is 0 Å². The van der Waals surface area contributed by atoms with Crippen LogP contribution in [-0.4, -0.2) is 21.8 Å². The third-order valence-electron chi connectivity index (χ3n) is 5.79. The van der Waals surface area contributed by atoms with Crippen molar-refractivity contribution in [2.75, 3.05) is 0 Å². The zero-order valence-electron chi connectivity index (χ0n) is 20.1. The van der Waals surface area contributed by atoms with Crippen molar-refractivity contribution in [3.05, 3.63) is 144 Å². The van der Waals surface area contributed by atoms with Gasteiger partial charge in [0.25, 0.3) is 0 Å². The second kappa shape index (κ2) is 10.7. The van der Waals surface area contributed by atoms with Crippen molar-refractivity contribution < 1.29 is 29.3 Å². The Labute approximate surface area is 219 Å². The van der Waals surface area contributed by atoms with Crippen LogP contribution in [0.25, 0.3) is 0 Å². The number of benzene rings is 5. The minimum atomic E-state index is -0.170. The number of rotatable bonds is 8. The molecule has 0 heterocycles. The Bertz CT molecular complexity index is 1430. The van der Waals surface area contributed by atoms with Crippen molar-refractivity contribution in [2.24, 2.45) is 0 Å². The fourth-order valence-electron chi connectivity index (χ4n) is 3.76. The highest BCUT2D eigenvalue weighted by Crippen LogP contribution is 2.26. The van der Waals surface area contributed by atoms with Crippen LogP contribution in [0.2, 0.25) is 0 Å². The second-order valence-corrected chi connectivity index (χ2v) is 8.48. The van der Waals surface area contributed by atoms with E-state index in [1.165, 1.54) is 24.3 Å². The van der Waals surface area contributed by atoms with Crippen LogP contribution in [0.15, 0.2) is 121 Å². The smallest absolute Gasteiger partial charge is 0.193 e. The summed E-state index contributed by atoms with van der Waals surface area (Å²) in [7, 11) is 0. The predicted octanol–water partition coefficient (Wildman–Crippen LogP) is 7.14. The van der Waals surface area contributed by atoms with Gasteiger partial charge in [-0.15, -0.1) is 0 Å². The van der Waals surface area contributed by atoms with Crippen LogP contribution >= 0.6 is 0 Å². The number of phenolic OH excluding ortho intramolecular Hbond substituents is 2. The summed E-state index contributed by atoms with van der Waals surface area (Å²) in [5.74, 6) is 2.23. The molecule has 0 aromatic heterocycles. The lowest BCUT2D eigenvalue weighted by Gasteiger charge is -2.08. The Balaban J connectivity index is 1.22. The van der Waals surface area contributed by atoms with Crippen molar-refractivity contribution >= 4 is 11.6 Å². The molecule has 6 heteroatoms. The van der Waals surface area contributed by atoms with Gasteiger partial charge in [0.05, 0.1) is 0 Å². The van der Waals surface area contributed by atoms with Crippen molar-refractivity contribution in [2.45, 2.75) is 0 Å². The molecule has 0 unspecified atom stereocenters. The maximum absolute atomic E-state index is 12.9. The summed E-state index contributed by atoms with van der Waals surface area (Å²) in [5, 5.41) is 18.7. The Hall–Kier alpha value is -5.36. The van der Waals surface area contributed by atoms with E-state index in [1.807, 2.05) is 0 Å². The Morgan fingerprint density at radius 1 is 0.368 bits per heavy atom. The van der Waals surface area contributed by atoms with E-state index >= 15 is 0 Å². The summed E-state index contributed by atoms with van der Waals surface area (Å²) in [6.07, 6.45) is 0. The van der Waals surface area contributed by atoms with Gasteiger partial charge in [-0.25, -0.2) is 0 Å². The van der Waals surface area contributed by atoms with Gasteiger partial charge in [0, 0.05) is 22.3 Å². The topological polar surface area (TPSA) is 93.1 Å². The van der Waals surface area contributed by atoms with Crippen LogP contribution in [0, 0.1) is 0 Å². The number of aromatic hydroxyl groups is 2. The average molecular weight is 503 g/mol. The molecule has 0 amide bonds. The summed E-state index contributed by atoms with van der Waals surface area (Å²) < 4.78 is 11.4. The van der Waals surface area contributed by atoms with Crippen molar-refractivity contribution in [3.63, 3.8) is 0 Å². The normalized spacial score (nSPS) is 10.5. The lowest BCUT2D eigenvalue weighted by molar-refractivity contribution is 0.102. The summed E-state index contributed by atoms with van der Waals surface area (Å²) in [4.78, 5) is 25.9. The maximum atomic E-state index is 12.9. The third kappa shape index (κ3) is 5.71. The largest absolute Gasteiger partial charge is 0.508 e. The van der Waals surface area contributed by atoms with Crippen LogP contribution in [0.5, 0.6) is 34.5 Å². The van der Waals surface area contributed by atoms with Gasteiger partial charge in [-0.2, -0.15) is 0 Å². The first kappa shape index (κ1) is 24.3. The third-order valence-corrected chi connectivity index (χ3v) is 5.79. The minimum absolute atomic E-state index is 0.153. The minimum Gasteiger partial charge on any atom is -0.508 e. The van der Waals surface area contributed by atoms with E-state index in [1.54, 1.807) is 97.1 Å². The highest BCUT2D eigenvalue weighted by molar-refractivity contribution is 6.11. The molecule has 0 spiro atoms. The van der Waals surface area contributed by atoms with E-state index in [0.29, 0.717) is 45.3 Å². The first-order valence-corrected chi connectivity index (χ1v) is 11.8. The van der Waals surface area contributed by atoms with Crippen LogP contribution in [-0.2, 0) is 0 Å². The number of phenols is 2. The predicted molar refractivity (Wildman–Crippen MR) is 143 cm³/mol. The van der Waals surface area contributed by atoms with E-state index in [2.05, 4.69) is 0 Å². The van der Waals surface area contributed by atoms with Gasteiger partial charge in [-0.3, -0.25) is 9.59 Å². The Morgan fingerprint density at radius 2 is 0.579 bits per heavy atom. The molecule has 0 aliphatic heterocycles. The van der Waals surface area contributed by atoms with E-state index in [9.17, 15) is 19.8 Å². The number of carbonyl (C=O) groups excluding carboxylic acids is 2. The SMILES string of the molecule is O=C(c1ccc(Oc2ccc(O)cc2)cc1)c1ccc(C(=O)c2ccc(Oc3ccc(O)cc3)cc2)cc1.